The summed E-state index contributed by atoms with van der Waals surface area (Å²) >= 11 is 5.90. The first-order valence-corrected chi connectivity index (χ1v) is 4.95. The number of halogens is 2. The van der Waals surface area contributed by atoms with Gasteiger partial charge in [0.1, 0.15) is 0 Å². The van der Waals surface area contributed by atoms with Gasteiger partial charge in [-0.2, -0.15) is 0 Å². The van der Waals surface area contributed by atoms with Crippen molar-refractivity contribution in [1.29, 1.82) is 0 Å². The lowest BCUT2D eigenvalue weighted by atomic mass is 10.2. The summed E-state index contributed by atoms with van der Waals surface area (Å²) < 4.78 is 4.98. The Balaban J connectivity index is 2.96. The molecule has 1 unspecified atom stereocenters. The predicted molar refractivity (Wildman–Crippen MR) is 50.1 cm³/mol. The van der Waals surface area contributed by atoms with Gasteiger partial charge in [0.15, 0.2) is 0 Å². The Morgan fingerprint density at radius 3 is 2.50 bits per heavy atom. The van der Waals surface area contributed by atoms with E-state index in [1.165, 1.54) is 0 Å². The minimum atomic E-state index is -0.785. The third-order valence-corrected chi connectivity index (χ3v) is 2.86. The fraction of sp³-hybridized carbons (Fsp3) is 0.429. The zero-order valence-electron chi connectivity index (χ0n) is 6.27. The average molecular weight is 298 g/mol. The van der Waals surface area contributed by atoms with Gasteiger partial charge in [-0.05, 0) is 22.4 Å². The number of cyclic esters (lactones) is 1. The second kappa shape index (κ2) is 3.70. The number of esters is 1. The average Bonchev–Trinajstić information content (AvgIpc) is 2.27. The molecule has 0 spiro atoms. The maximum atomic E-state index is 11.0. The lowest BCUT2D eigenvalue weighted by Crippen LogP contribution is -2.16. The van der Waals surface area contributed by atoms with E-state index in [0.29, 0.717) is 16.5 Å². The van der Waals surface area contributed by atoms with E-state index in [1.807, 2.05) is 6.92 Å². The molecule has 1 atom stereocenters. The van der Waals surface area contributed by atoms with E-state index in [0.717, 1.165) is 0 Å². The van der Waals surface area contributed by atoms with Crippen molar-refractivity contribution in [2.24, 2.45) is 0 Å². The molecule has 1 rings (SSSR count). The topological polar surface area (TPSA) is 43.4 Å². The largest absolute Gasteiger partial charge is 0.444 e. The number of carbonyl (C=O) groups excluding carboxylic acids is 2. The highest BCUT2D eigenvalue weighted by Gasteiger charge is 2.35. The van der Waals surface area contributed by atoms with E-state index in [2.05, 4.69) is 31.9 Å². The summed E-state index contributed by atoms with van der Waals surface area (Å²) in [6.07, 6.45) is -0.219. The molecule has 0 fully saturated rings. The first-order valence-electron chi connectivity index (χ1n) is 3.36. The minimum Gasteiger partial charge on any atom is -0.444 e. The van der Waals surface area contributed by atoms with Gasteiger partial charge < -0.3 is 4.74 Å². The van der Waals surface area contributed by atoms with E-state index >= 15 is 0 Å². The Bertz CT molecular complexity index is 270. The van der Waals surface area contributed by atoms with Crippen molar-refractivity contribution in [2.75, 3.05) is 0 Å². The van der Waals surface area contributed by atoms with Gasteiger partial charge in [0.05, 0.1) is 10.1 Å². The van der Waals surface area contributed by atoms with E-state index in [1.54, 1.807) is 0 Å². The molecular formula is C7H6Br2O3. The quantitative estimate of drug-likeness (QED) is 0.577. The molecule has 1 aliphatic rings. The van der Waals surface area contributed by atoms with Crippen molar-refractivity contribution in [1.82, 2.24) is 0 Å². The van der Waals surface area contributed by atoms with E-state index < -0.39 is 12.1 Å². The highest BCUT2D eigenvalue weighted by atomic mass is 79.9. The molecule has 0 aromatic heterocycles. The second-order valence-corrected chi connectivity index (χ2v) is 3.91. The highest BCUT2D eigenvalue weighted by Crippen LogP contribution is 2.31. The number of rotatable bonds is 2. The van der Waals surface area contributed by atoms with Crippen LogP contribution in [0.3, 0.4) is 0 Å². The predicted octanol–water partition coefficient (Wildman–Crippen LogP) is 1.89. The number of carbonyl (C=O) groups is 2. The molecule has 66 valence electrons. The van der Waals surface area contributed by atoms with Crippen LogP contribution in [-0.4, -0.2) is 16.8 Å². The molecule has 0 radical (unpaired) electrons. The van der Waals surface area contributed by atoms with Crippen LogP contribution in [0.25, 0.3) is 0 Å². The number of hydrogen-bond donors (Lipinski definition) is 0. The normalized spacial score (nSPS) is 22.9. The molecule has 1 heterocycles. The Morgan fingerprint density at radius 2 is 2.25 bits per heavy atom. The van der Waals surface area contributed by atoms with Crippen molar-refractivity contribution in [2.45, 2.75) is 19.4 Å². The molecular weight excluding hydrogens is 292 g/mol. The molecule has 5 heteroatoms. The Labute approximate surface area is 86.4 Å². The van der Waals surface area contributed by atoms with Gasteiger partial charge in [-0.25, -0.2) is 4.79 Å². The SMILES string of the molecule is CCC1=C(Br)C(C(=O)Br)OC1=O. The van der Waals surface area contributed by atoms with E-state index in [-0.39, 0.29) is 4.69 Å². The maximum Gasteiger partial charge on any atom is 0.336 e. The molecule has 0 aliphatic carbocycles. The third-order valence-electron chi connectivity index (χ3n) is 1.55. The fourth-order valence-corrected chi connectivity index (χ4v) is 2.32. The summed E-state index contributed by atoms with van der Waals surface area (Å²) in [6.45, 7) is 1.83. The van der Waals surface area contributed by atoms with Crippen molar-refractivity contribution >= 4 is 42.5 Å². The van der Waals surface area contributed by atoms with Crippen LogP contribution in [0, 0.1) is 0 Å². The van der Waals surface area contributed by atoms with Crippen LogP contribution in [0.15, 0.2) is 10.1 Å². The Hall–Kier alpha value is -0.160. The standard InChI is InChI=1S/C7H6Br2O3/c1-2-3-4(8)5(6(9)10)12-7(3)11/h5H,2H2,1H3. The summed E-state index contributed by atoms with van der Waals surface area (Å²) in [6, 6.07) is 0. The van der Waals surface area contributed by atoms with Gasteiger partial charge >= 0.3 is 5.97 Å². The molecule has 0 saturated carbocycles. The first-order chi connectivity index (χ1) is 5.57. The van der Waals surface area contributed by atoms with E-state index in [9.17, 15) is 9.59 Å². The van der Waals surface area contributed by atoms with Gasteiger partial charge in [0.25, 0.3) is 0 Å². The first kappa shape index (κ1) is 9.92. The molecule has 0 amide bonds. The summed E-state index contributed by atoms with van der Waals surface area (Å²) in [5.74, 6) is -0.415. The van der Waals surface area contributed by atoms with Gasteiger partial charge in [-0.3, -0.25) is 4.79 Å². The molecule has 1 aliphatic heterocycles. The zero-order valence-corrected chi connectivity index (χ0v) is 9.44. The Morgan fingerprint density at radius 1 is 1.67 bits per heavy atom. The van der Waals surface area contributed by atoms with Crippen molar-refractivity contribution in [3.8, 4) is 0 Å². The highest BCUT2D eigenvalue weighted by molar-refractivity contribution is 9.18. The number of ether oxygens (including phenoxy) is 1. The van der Waals surface area contributed by atoms with Gasteiger partial charge in [-0.15, -0.1) is 0 Å². The molecule has 0 bridgehead atoms. The van der Waals surface area contributed by atoms with Crippen LogP contribution in [0.4, 0.5) is 0 Å². The lowest BCUT2D eigenvalue weighted by molar-refractivity contribution is -0.143. The maximum absolute atomic E-state index is 11.0. The molecule has 0 saturated heterocycles. The van der Waals surface area contributed by atoms with Crippen LogP contribution in [0.1, 0.15) is 13.3 Å². The smallest absolute Gasteiger partial charge is 0.336 e. The van der Waals surface area contributed by atoms with Crippen LogP contribution < -0.4 is 0 Å². The van der Waals surface area contributed by atoms with Crippen LogP contribution in [-0.2, 0) is 14.3 Å². The molecule has 0 aromatic rings. The Kier molecular flexibility index (Phi) is 3.06. The van der Waals surface area contributed by atoms with Crippen molar-refractivity contribution in [3.05, 3.63) is 10.1 Å². The summed E-state index contributed by atoms with van der Waals surface area (Å²) in [5.41, 5.74) is 0.535. The van der Waals surface area contributed by atoms with E-state index in [4.69, 9.17) is 4.74 Å². The zero-order chi connectivity index (χ0) is 9.30. The molecule has 12 heavy (non-hydrogen) atoms. The van der Waals surface area contributed by atoms with Gasteiger partial charge in [0.2, 0.25) is 10.8 Å². The van der Waals surface area contributed by atoms with Crippen molar-refractivity contribution in [3.63, 3.8) is 0 Å². The van der Waals surface area contributed by atoms with Crippen LogP contribution >= 0.6 is 31.9 Å². The summed E-state index contributed by atoms with van der Waals surface area (Å²) in [7, 11) is 0. The molecule has 0 aromatic carbocycles. The van der Waals surface area contributed by atoms with Gasteiger partial charge in [0, 0.05) is 0 Å². The van der Waals surface area contributed by atoms with Crippen LogP contribution in [0.2, 0.25) is 0 Å². The van der Waals surface area contributed by atoms with Crippen molar-refractivity contribution < 1.29 is 14.3 Å². The van der Waals surface area contributed by atoms with Gasteiger partial charge in [-0.1, -0.05) is 22.9 Å². The molecule has 0 N–H and O–H groups in total. The van der Waals surface area contributed by atoms with Crippen LogP contribution in [0.5, 0.6) is 0 Å². The number of hydrogen-bond acceptors (Lipinski definition) is 3. The second-order valence-electron chi connectivity index (χ2n) is 2.27. The third kappa shape index (κ3) is 1.61. The monoisotopic (exact) mass is 296 g/mol. The lowest BCUT2D eigenvalue weighted by Gasteiger charge is -2.02. The minimum absolute atomic E-state index is 0.342. The fourth-order valence-electron chi connectivity index (χ4n) is 0.945. The summed E-state index contributed by atoms with van der Waals surface area (Å²) in [4.78, 5) is 21.9. The molecule has 3 nitrogen and oxygen atoms in total. The summed E-state index contributed by atoms with van der Waals surface area (Å²) in [5, 5.41) is 0.